The minimum absolute atomic E-state index is 0.555. The van der Waals surface area contributed by atoms with Crippen molar-refractivity contribution in [3.63, 3.8) is 0 Å². The number of aromatic nitrogens is 3. The van der Waals surface area contributed by atoms with Crippen LogP contribution in [-0.2, 0) is 6.54 Å². The summed E-state index contributed by atoms with van der Waals surface area (Å²) in [7, 11) is 0. The van der Waals surface area contributed by atoms with E-state index in [1.165, 1.54) is 18.4 Å². The average molecular weight is 258 g/mol. The number of nitrogens with zero attached hydrogens (tertiary/aromatic N) is 3. The summed E-state index contributed by atoms with van der Waals surface area (Å²) in [5.74, 6) is 0.773. The normalized spacial score (nSPS) is 17.3. The Morgan fingerprint density at radius 3 is 2.89 bits per heavy atom. The van der Waals surface area contributed by atoms with Crippen LogP contribution in [0.1, 0.15) is 37.9 Å². The Kier molecular flexibility index (Phi) is 3.05. The van der Waals surface area contributed by atoms with Crippen molar-refractivity contribution in [3.8, 4) is 0 Å². The van der Waals surface area contributed by atoms with Gasteiger partial charge in [0.2, 0.25) is 0 Å². The van der Waals surface area contributed by atoms with Crippen LogP contribution in [0.25, 0.3) is 5.65 Å². The molecule has 102 valence electrons. The molecular formula is C15H22N4. The Bertz CT molecular complexity index is 581. The molecule has 1 saturated carbocycles. The standard InChI is InChI=1S/C15H22N4/c1-11(2)15(4-5-15)10-16-7-13-8-17-14-6-12(3)18-19(14)9-13/h6,8-9,11,16H,4-5,7,10H2,1-3H3. The molecule has 19 heavy (non-hydrogen) atoms. The summed E-state index contributed by atoms with van der Waals surface area (Å²) in [5, 5.41) is 7.97. The van der Waals surface area contributed by atoms with Crippen LogP contribution in [0.2, 0.25) is 0 Å². The first-order valence-corrected chi connectivity index (χ1v) is 7.11. The monoisotopic (exact) mass is 258 g/mol. The smallest absolute Gasteiger partial charge is 0.155 e. The van der Waals surface area contributed by atoms with Gasteiger partial charge in [0.15, 0.2) is 5.65 Å². The second kappa shape index (κ2) is 4.60. The first kappa shape index (κ1) is 12.6. The third-order valence-corrected chi connectivity index (χ3v) is 4.41. The third-order valence-electron chi connectivity index (χ3n) is 4.41. The van der Waals surface area contributed by atoms with Gasteiger partial charge in [0.05, 0.1) is 5.69 Å². The number of aryl methyl sites for hydroxylation is 1. The molecule has 0 unspecified atom stereocenters. The van der Waals surface area contributed by atoms with Crippen LogP contribution in [0.5, 0.6) is 0 Å². The lowest BCUT2D eigenvalue weighted by Crippen LogP contribution is -2.27. The second-order valence-electron chi connectivity index (χ2n) is 6.17. The lowest BCUT2D eigenvalue weighted by Gasteiger charge is -2.20. The summed E-state index contributed by atoms with van der Waals surface area (Å²) >= 11 is 0. The molecule has 0 bridgehead atoms. The predicted octanol–water partition coefficient (Wildman–Crippen LogP) is 2.56. The highest BCUT2D eigenvalue weighted by molar-refractivity contribution is 5.38. The van der Waals surface area contributed by atoms with E-state index < -0.39 is 0 Å². The van der Waals surface area contributed by atoms with Crippen LogP contribution in [0, 0.1) is 18.3 Å². The SMILES string of the molecule is Cc1cc2ncc(CNCC3(C(C)C)CC3)cn2n1. The summed E-state index contributed by atoms with van der Waals surface area (Å²) in [6.07, 6.45) is 6.75. The zero-order chi connectivity index (χ0) is 13.5. The van der Waals surface area contributed by atoms with Crippen molar-refractivity contribution >= 4 is 5.65 Å². The molecule has 1 fully saturated rings. The molecule has 0 atom stereocenters. The molecule has 1 aliphatic carbocycles. The van der Waals surface area contributed by atoms with Crippen LogP contribution in [0.3, 0.4) is 0 Å². The van der Waals surface area contributed by atoms with E-state index in [9.17, 15) is 0 Å². The van der Waals surface area contributed by atoms with Crippen molar-refractivity contribution < 1.29 is 0 Å². The van der Waals surface area contributed by atoms with E-state index in [-0.39, 0.29) is 0 Å². The minimum Gasteiger partial charge on any atom is -0.312 e. The number of rotatable bonds is 5. The van der Waals surface area contributed by atoms with Gasteiger partial charge in [-0.05, 0) is 31.1 Å². The maximum absolute atomic E-state index is 4.43. The molecule has 4 nitrogen and oxygen atoms in total. The first-order valence-electron chi connectivity index (χ1n) is 7.11. The van der Waals surface area contributed by atoms with Crippen molar-refractivity contribution in [1.82, 2.24) is 19.9 Å². The van der Waals surface area contributed by atoms with Gasteiger partial charge in [-0.2, -0.15) is 5.10 Å². The van der Waals surface area contributed by atoms with Gasteiger partial charge in [-0.15, -0.1) is 0 Å². The third kappa shape index (κ3) is 2.50. The van der Waals surface area contributed by atoms with E-state index in [4.69, 9.17) is 0 Å². The highest BCUT2D eigenvalue weighted by atomic mass is 15.2. The van der Waals surface area contributed by atoms with E-state index in [1.807, 2.05) is 23.7 Å². The summed E-state index contributed by atoms with van der Waals surface area (Å²) < 4.78 is 1.86. The molecule has 3 rings (SSSR count). The molecule has 2 heterocycles. The topological polar surface area (TPSA) is 42.2 Å². The van der Waals surface area contributed by atoms with E-state index in [1.54, 1.807) is 0 Å². The Hall–Kier alpha value is -1.42. The molecule has 0 amide bonds. The van der Waals surface area contributed by atoms with Crippen LogP contribution >= 0.6 is 0 Å². The fourth-order valence-corrected chi connectivity index (χ4v) is 2.70. The van der Waals surface area contributed by atoms with E-state index in [0.29, 0.717) is 5.41 Å². The van der Waals surface area contributed by atoms with Gasteiger partial charge in [-0.1, -0.05) is 13.8 Å². The van der Waals surface area contributed by atoms with Gasteiger partial charge in [-0.3, -0.25) is 0 Å². The van der Waals surface area contributed by atoms with Crippen LogP contribution in [0.15, 0.2) is 18.5 Å². The van der Waals surface area contributed by atoms with Crippen molar-refractivity contribution in [2.75, 3.05) is 6.54 Å². The highest BCUT2D eigenvalue weighted by Crippen LogP contribution is 2.51. The molecule has 4 heteroatoms. The summed E-state index contributed by atoms with van der Waals surface area (Å²) in [6, 6.07) is 2.00. The van der Waals surface area contributed by atoms with Crippen LogP contribution < -0.4 is 5.32 Å². The zero-order valence-electron chi connectivity index (χ0n) is 12.0. The van der Waals surface area contributed by atoms with Gasteiger partial charge < -0.3 is 5.32 Å². The van der Waals surface area contributed by atoms with Crippen LogP contribution in [0.4, 0.5) is 0 Å². The lowest BCUT2D eigenvalue weighted by atomic mass is 9.92. The predicted molar refractivity (Wildman–Crippen MR) is 75.9 cm³/mol. The van der Waals surface area contributed by atoms with Crippen molar-refractivity contribution in [2.24, 2.45) is 11.3 Å². The fourth-order valence-electron chi connectivity index (χ4n) is 2.70. The van der Waals surface area contributed by atoms with Gasteiger partial charge in [0.1, 0.15) is 0 Å². The zero-order valence-corrected chi connectivity index (χ0v) is 12.0. The Balaban J connectivity index is 1.62. The van der Waals surface area contributed by atoms with Gasteiger partial charge in [0, 0.05) is 37.1 Å². The molecule has 0 aliphatic heterocycles. The number of nitrogens with one attached hydrogen (secondary N) is 1. The molecule has 1 aliphatic rings. The minimum atomic E-state index is 0.555. The molecule has 2 aromatic heterocycles. The molecule has 0 spiro atoms. The second-order valence-corrected chi connectivity index (χ2v) is 6.17. The molecule has 2 aromatic rings. The van der Waals surface area contributed by atoms with Gasteiger partial charge >= 0.3 is 0 Å². The lowest BCUT2D eigenvalue weighted by molar-refractivity contribution is 0.337. The van der Waals surface area contributed by atoms with E-state index >= 15 is 0 Å². The maximum Gasteiger partial charge on any atom is 0.155 e. The summed E-state index contributed by atoms with van der Waals surface area (Å²) in [4.78, 5) is 4.43. The van der Waals surface area contributed by atoms with Gasteiger partial charge in [-0.25, -0.2) is 9.50 Å². The highest BCUT2D eigenvalue weighted by Gasteiger charge is 2.44. The molecule has 0 saturated heterocycles. The van der Waals surface area contributed by atoms with Crippen molar-refractivity contribution in [3.05, 3.63) is 29.7 Å². The average Bonchev–Trinajstić information content (AvgIpc) is 3.05. The molecular weight excluding hydrogens is 236 g/mol. The van der Waals surface area contributed by atoms with Crippen molar-refractivity contribution in [1.29, 1.82) is 0 Å². The number of hydrogen-bond acceptors (Lipinski definition) is 3. The van der Waals surface area contributed by atoms with E-state index in [0.717, 1.165) is 30.3 Å². The van der Waals surface area contributed by atoms with Gasteiger partial charge in [0.25, 0.3) is 0 Å². The van der Waals surface area contributed by atoms with Crippen molar-refractivity contribution in [2.45, 2.75) is 40.2 Å². The maximum atomic E-state index is 4.43. The summed E-state index contributed by atoms with van der Waals surface area (Å²) in [6.45, 7) is 8.63. The number of fused-ring (bicyclic) bond motifs is 1. The Labute approximate surface area is 114 Å². The summed E-state index contributed by atoms with van der Waals surface area (Å²) in [5.41, 5.74) is 3.67. The Morgan fingerprint density at radius 2 is 2.21 bits per heavy atom. The molecule has 0 aromatic carbocycles. The van der Waals surface area contributed by atoms with Crippen LogP contribution in [-0.4, -0.2) is 21.1 Å². The largest absolute Gasteiger partial charge is 0.312 e. The first-order chi connectivity index (χ1) is 9.09. The Morgan fingerprint density at radius 1 is 1.42 bits per heavy atom. The fraction of sp³-hybridized carbons (Fsp3) is 0.600. The number of hydrogen-bond donors (Lipinski definition) is 1. The molecule has 0 radical (unpaired) electrons. The van der Waals surface area contributed by atoms with E-state index in [2.05, 4.69) is 35.4 Å². The molecule has 1 N–H and O–H groups in total. The quantitative estimate of drug-likeness (QED) is 0.896.